The number of carboxylic acid groups (broad SMARTS) is 1. The fourth-order valence-electron chi connectivity index (χ4n) is 4.32. The lowest BCUT2D eigenvalue weighted by Gasteiger charge is -2.32. The number of carboxylic acids is 1. The maximum absolute atomic E-state index is 13.1. The lowest BCUT2D eigenvalue weighted by Crippen LogP contribution is -2.42. The van der Waals surface area contributed by atoms with Crippen molar-refractivity contribution in [2.24, 2.45) is 5.92 Å². The molecule has 0 radical (unpaired) electrons. The van der Waals surface area contributed by atoms with Crippen LogP contribution in [-0.2, 0) is 16.0 Å². The normalized spacial score (nSPS) is 13.7. The minimum atomic E-state index is -0.974. The molecule has 8 heteroatoms. The maximum atomic E-state index is 13.1. The topological polar surface area (TPSA) is 97.3 Å². The van der Waals surface area contributed by atoms with E-state index in [2.05, 4.69) is 5.32 Å². The van der Waals surface area contributed by atoms with Gasteiger partial charge in [-0.3, -0.25) is 0 Å². The molecule has 3 aromatic carbocycles. The van der Waals surface area contributed by atoms with E-state index in [1.165, 1.54) is 6.42 Å². The van der Waals surface area contributed by atoms with Gasteiger partial charge in [-0.05, 0) is 79.8 Å². The van der Waals surface area contributed by atoms with E-state index >= 15 is 0 Å². The van der Waals surface area contributed by atoms with Crippen molar-refractivity contribution in [3.05, 3.63) is 84.4 Å². The van der Waals surface area contributed by atoms with Crippen molar-refractivity contribution in [3.63, 3.8) is 0 Å². The lowest BCUT2D eigenvalue weighted by molar-refractivity contribution is -0.149. The number of carbonyl (C=O) groups is 2. The molecule has 1 aliphatic carbocycles. The van der Waals surface area contributed by atoms with E-state index < -0.39 is 12.1 Å². The number of nitrogens with one attached hydrogen (secondary N) is 1. The van der Waals surface area contributed by atoms with E-state index in [4.69, 9.17) is 14.2 Å². The molecule has 206 valence electrons. The molecule has 1 aliphatic rings. The molecule has 0 heterocycles. The van der Waals surface area contributed by atoms with Gasteiger partial charge in [0.1, 0.15) is 23.9 Å². The van der Waals surface area contributed by atoms with Crippen LogP contribution in [0.3, 0.4) is 0 Å². The van der Waals surface area contributed by atoms with E-state index in [-0.39, 0.29) is 12.5 Å². The van der Waals surface area contributed by atoms with Crippen molar-refractivity contribution in [3.8, 4) is 17.2 Å². The molecule has 0 bridgehead atoms. The summed E-state index contributed by atoms with van der Waals surface area (Å²) >= 11 is 0. The Hall–Kier alpha value is -4.04. The van der Waals surface area contributed by atoms with Gasteiger partial charge in [0.05, 0.1) is 6.54 Å². The van der Waals surface area contributed by atoms with Crippen molar-refractivity contribution in [1.29, 1.82) is 0 Å². The van der Waals surface area contributed by atoms with Crippen LogP contribution in [0.15, 0.2) is 78.9 Å². The van der Waals surface area contributed by atoms with Gasteiger partial charge >= 0.3 is 12.0 Å². The van der Waals surface area contributed by atoms with Crippen molar-refractivity contribution >= 4 is 17.7 Å². The van der Waals surface area contributed by atoms with Crippen LogP contribution in [0.25, 0.3) is 0 Å². The first-order valence-corrected chi connectivity index (χ1v) is 13.4. The van der Waals surface area contributed by atoms with Crippen molar-refractivity contribution in [2.75, 3.05) is 31.6 Å². The fraction of sp³-hybridized carbons (Fsp3) is 0.355. The van der Waals surface area contributed by atoms with E-state index in [0.29, 0.717) is 49.4 Å². The highest BCUT2D eigenvalue weighted by atomic mass is 16.5. The van der Waals surface area contributed by atoms with Gasteiger partial charge < -0.3 is 29.5 Å². The molecule has 1 saturated carbocycles. The molecule has 39 heavy (non-hydrogen) atoms. The molecule has 0 aliphatic heterocycles. The second-order valence-corrected chi connectivity index (χ2v) is 9.59. The number of para-hydroxylation sites is 1. The number of nitrogens with zero attached hydrogens (tertiary/aromatic N) is 1. The van der Waals surface area contributed by atoms with Crippen LogP contribution in [0, 0.1) is 5.92 Å². The molecule has 1 atom stereocenters. The predicted octanol–water partition coefficient (Wildman–Crippen LogP) is 6.22. The van der Waals surface area contributed by atoms with Crippen LogP contribution < -0.4 is 14.8 Å². The summed E-state index contributed by atoms with van der Waals surface area (Å²) in [6.07, 6.45) is 2.90. The SMILES string of the molecule is CCOC(Cc1ccc(OCCN(CC2CCC2)C(=O)Nc2ccc(Oc3ccccc3)cc2)cc1)C(=O)O. The Labute approximate surface area is 229 Å². The summed E-state index contributed by atoms with van der Waals surface area (Å²) in [5.41, 5.74) is 1.55. The summed E-state index contributed by atoms with van der Waals surface area (Å²) in [4.78, 5) is 26.3. The zero-order valence-corrected chi connectivity index (χ0v) is 22.3. The van der Waals surface area contributed by atoms with E-state index in [1.54, 1.807) is 6.92 Å². The van der Waals surface area contributed by atoms with Gasteiger partial charge in [0.2, 0.25) is 0 Å². The Morgan fingerprint density at radius 1 is 0.949 bits per heavy atom. The highest BCUT2D eigenvalue weighted by Gasteiger charge is 2.24. The van der Waals surface area contributed by atoms with Crippen LogP contribution in [0.2, 0.25) is 0 Å². The van der Waals surface area contributed by atoms with Crippen molar-refractivity contribution in [2.45, 2.75) is 38.7 Å². The number of hydrogen-bond acceptors (Lipinski definition) is 5. The molecule has 0 saturated heterocycles. The minimum Gasteiger partial charge on any atom is -0.492 e. The van der Waals surface area contributed by atoms with Crippen LogP contribution in [0.5, 0.6) is 17.2 Å². The van der Waals surface area contributed by atoms with Crippen LogP contribution >= 0.6 is 0 Å². The summed E-state index contributed by atoms with van der Waals surface area (Å²) < 4.78 is 17.0. The highest BCUT2D eigenvalue weighted by molar-refractivity contribution is 5.89. The zero-order valence-electron chi connectivity index (χ0n) is 22.3. The molecule has 8 nitrogen and oxygen atoms in total. The van der Waals surface area contributed by atoms with Gasteiger partial charge in [0, 0.05) is 25.3 Å². The van der Waals surface area contributed by atoms with E-state index in [0.717, 1.165) is 24.2 Å². The van der Waals surface area contributed by atoms with Gasteiger partial charge in [-0.1, -0.05) is 36.8 Å². The Bertz CT molecular complexity index is 1180. The third kappa shape index (κ3) is 8.75. The van der Waals surface area contributed by atoms with Crippen molar-refractivity contribution in [1.82, 2.24) is 4.90 Å². The number of rotatable bonds is 14. The largest absolute Gasteiger partial charge is 0.492 e. The van der Waals surface area contributed by atoms with Gasteiger partial charge in [0.25, 0.3) is 0 Å². The summed E-state index contributed by atoms with van der Waals surface area (Å²) in [6, 6.07) is 24.0. The average molecular weight is 533 g/mol. The number of ether oxygens (including phenoxy) is 3. The first-order chi connectivity index (χ1) is 19.0. The Kier molecular flexibility index (Phi) is 10.2. The fourth-order valence-corrected chi connectivity index (χ4v) is 4.32. The molecule has 2 N–H and O–H groups in total. The molecule has 1 fully saturated rings. The molecule has 0 spiro atoms. The number of aliphatic carboxylic acids is 1. The first-order valence-electron chi connectivity index (χ1n) is 13.4. The molecule has 1 unspecified atom stereocenters. The smallest absolute Gasteiger partial charge is 0.333 e. The minimum absolute atomic E-state index is 0.159. The lowest BCUT2D eigenvalue weighted by atomic mass is 9.85. The van der Waals surface area contributed by atoms with E-state index in [1.807, 2.05) is 83.8 Å². The Morgan fingerprint density at radius 3 is 2.23 bits per heavy atom. The quantitative estimate of drug-likeness (QED) is 0.256. The molecular weight excluding hydrogens is 496 g/mol. The Morgan fingerprint density at radius 2 is 1.62 bits per heavy atom. The zero-order chi connectivity index (χ0) is 27.5. The monoisotopic (exact) mass is 532 g/mol. The van der Waals surface area contributed by atoms with Crippen molar-refractivity contribution < 1.29 is 28.9 Å². The molecule has 4 rings (SSSR count). The summed E-state index contributed by atoms with van der Waals surface area (Å²) in [6.45, 7) is 3.61. The van der Waals surface area contributed by atoms with Crippen LogP contribution in [0.1, 0.15) is 31.7 Å². The summed E-state index contributed by atoms with van der Waals surface area (Å²) in [5, 5.41) is 12.3. The number of anilines is 1. The number of hydrogen-bond donors (Lipinski definition) is 2. The third-order valence-electron chi connectivity index (χ3n) is 6.69. The van der Waals surface area contributed by atoms with Gasteiger partial charge in [-0.25, -0.2) is 9.59 Å². The average Bonchev–Trinajstić information content (AvgIpc) is 2.91. The predicted molar refractivity (Wildman–Crippen MR) is 150 cm³/mol. The van der Waals surface area contributed by atoms with Gasteiger partial charge in [-0.15, -0.1) is 0 Å². The van der Waals surface area contributed by atoms with Crippen LogP contribution in [-0.4, -0.2) is 54.4 Å². The first kappa shape index (κ1) is 28.0. The number of urea groups is 1. The standard InChI is InChI=1S/C31H36N2O6/c1-2-37-29(30(34)35)21-23-11-15-26(16-12-23)38-20-19-33(22-24-7-6-8-24)31(36)32-25-13-17-28(18-14-25)39-27-9-4-3-5-10-27/h3-5,9-18,24,29H,2,6-8,19-22H2,1H3,(H,32,36)(H,34,35). The third-order valence-corrected chi connectivity index (χ3v) is 6.69. The summed E-state index contributed by atoms with van der Waals surface area (Å²) in [5.74, 6) is 1.66. The second kappa shape index (κ2) is 14.2. The maximum Gasteiger partial charge on any atom is 0.333 e. The van der Waals surface area contributed by atoms with E-state index in [9.17, 15) is 14.7 Å². The molecule has 2 amide bonds. The number of benzene rings is 3. The van der Waals surface area contributed by atoms with Crippen LogP contribution in [0.4, 0.5) is 10.5 Å². The van der Waals surface area contributed by atoms with Gasteiger partial charge in [0.15, 0.2) is 6.10 Å². The summed E-state index contributed by atoms with van der Waals surface area (Å²) in [7, 11) is 0. The number of amides is 2. The molecular formula is C31H36N2O6. The Balaban J connectivity index is 1.28. The molecule has 3 aromatic rings. The second-order valence-electron chi connectivity index (χ2n) is 9.59. The highest BCUT2D eigenvalue weighted by Crippen LogP contribution is 2.28. The van der Waals surface area contributed by atoms with Gasteiger partial charge in [-0.2, -0.15) is 0 Å². The molecule has 0 aromatic heterocycles. The number of carbonyl (C=O) groups excluding carboxylic acids is 1.